The SMILES string of the molecule is C=C(C)C[C@H](N)c1ccc(C)c2ccccc12. The maximum atomic E-state index is 6.25. The highest BCUT2D eigenvalue weighted by Crippen LogP contribution is 2.28. The van der Waals surface area contributed by atoms with Gasteiger partial charge in [-0.2, -0.15) is 0 Å². The van der Waals surface area contributed by atoms with Gasteiger partial charge in [0.25, 0.3) is 0 Å². The summed E-state index contributed by atoms with van der Waals surface area (Å²) in [6.45, 7) is 8.10. The van der Waals surface area contributed by atoms with Gasteiger partial charge in [0, 0.05) is 6.04 Å². The van der Waals surface area contributed by atoms with E-state index in [1.807, 2.05) is 6.92 Å². The summed E-state index contributed by atoms with van der Waals surface area (Å²) in [6.07, 6.45) is 0.840. The van der Waals surface area contributed by atoms with E-state index in [-0.39, 0.29) is 6.04 Å². The lowest BCUT2D eigenvalue weighted by atomic mass is 9.93. The monoisotopic (exact) mass is 225 g/mol. The molecule has 0 fully saturated rings. The molecule has 2 aromatic rings. The van der Waals surface area contributed by atoms with Crippen molar-refractivity contribution in [3.63, 3.8) is 0 Å². The zero-order valence-corrected chi connectivity index (χ0v) is 10.5. The first-order valence-electron chi connectivity index (χ1n) is 5.98. The van der Waals surface area contributed by atoms with Crippen molar-refractivity contribution >= 4 is 10.8 Å². The third kappa shape index (κ3) is 2.40. The standard InChI is InChI=1S/C16H19N/c1-11(2)10-16(17)15-9-8-12(3)13-6-4-5-7-14(13)15/h4-9,16H,1,10,17H2,2-3H3/t16-/m0/s1. The van der Waals surface area contributed by atoms with Gasteiger partial charge in [0.2, 0.25) is 0 Å². The van der Waals surface area contributed by atoms with Crippen LogP contribution in [0.2, 0.25) is 0 Å². The second kappa shape index (κ2) is 4.72. The van der Waals surface area contributed by atoms with Crippen molar-refractivity contribution in [3.8, 4) is 0 Å². The molecule has 17 heavy (non-hydrogen) atoms. The van der Waals surface area contributed by atoms with E-state index in [0.29, 0.717) is 0 Å². The fraction of sp³-hybridized carbons (Fsp3) is 0.250. The number of nitrogens with two attached hydrogens (primary N) is 1. The molecule has 0 radical (unpaired) electrons. The number of hydrogen-bond acceptors (Lipinski definition) is 1. The number of rotatable bonds is 3. The molecule has 0 heterocycles. The van der Waals surface area contributed by atoms with E-state index in [2.05, 4.69) is 49.9 Å². The van der Waals surface area contributed by atoms with Gasteiger partial charge in [-0.25, -0.2) is 0 Å². The average Bonchev–Trinajstić information content (AvgIpc) is 2.29. The van der Waals surface area contributed by atoms with Gasteiger partial charge < -0.3 is 5.73 Å². The first-order valence-corrected chi connectivity index (χ1v) is 5.98. The minimum absolute atomic E-state index is 0.0398. The maximum absolute atomic E-state index is 6.25. The van der Waals surface area contributed by atoms with Gasteiger partial charge in [-0.05, 0) is 42.2 Å². The van der Waals surface area contributed by atoms with Crippen LogP contribution in [0, 0.1) is 6.92 Å². The van der Waals surface area contributed by atoms with Crippen molar-refractivity contribution in [2.75, 3.05) is 0 Å². The van der Waals surface area contributed by atoms with E-state index < -0.39 is 0 Å². The Kier molecular flexibility index (Phi) is 3.30. The van der Waals surface area contributed by atoms with Gasteiger partial charge >= 0.3 is 0 Å². The van der Waals surface area contributed by atoms with Crippen LogP contribution >= 0.6 is 0 Å². The second-order valence-corrected chi connectivity index (χ2v) is 4.78. The molecule has 0 aromatic heterocycles. The molecule has 1 nitrogen and oxygen atoms in total. The van der Waals surface area contributed by atoms with Crippen LogP contribution in [0.1, 0.15) is 30.5 Å². The molecule has 1 heteroatoms. The van der Waals surface area contributed by atoms with Gasteiger partial charge in [0.05, 0.1) is 0 Å². The Bertz CT molecular complexity index is 554. The van der Waals surface area contributed by atoms with Crippen molar-refractivity contribution in [1.82, 2.24) is 0 Å². The van der Waals surface area contributed by atoms with Crippen molar-refractivity contribution < 1.29 is 0 Å². The molecule has 1 atom stereocenters. The first kappa shape index (κ1) is 11.9. The molecule has 0 spiro atoms. The molecule has 0 aliphatic heterocycles. The number of aryl methyl sites for hydroxylation is 1. The predicted octanol–water partition coefficient (Wildman–Crippen LogP) is 4.11. The Labute approximate surface area is 103 Å². The molecular weight excluding hydrogens is 206 g/mol. The lowest BCUT2D eigenvalue weighted by Gasteiger charge is -2.16. The van der Waals surface area contributed by atoms with Crippen LogP contribution in [-0.2, 0) is 0 Å². The number of fused-ring (bicyclic) bond motifs is 1. The summed E-state index contributed by atoms with van der Waals surface area (Å²) in [4.78, 5) is 0. The zero-order valence-electron chi connectivity index (χ0n) is 10.5. The lowest BCUT2D eigenvalue weighted by Crippen LogP contribution is -2.11. The predicted molar refractivity (Wildman–Crippen MR) is 75.0 cm³/mol. The van der Waals surface area contributed by atoms with Crippen LogP contribution in [0.5, 0.6) is 0 Å². The summed E-state index contributed by atoms with van der Waals surface area (Å²) in [5.41, 5.74) is 9.89. The Hall–Kier alpha value is -1.60. The van der Waals surface area contributed by atoms with Crippen LogP contribution < -0.4 is 5.73 Å². The second-order valence-electron chi connectivity index (χ2n) is 4.78. The number of benzene rings is 2. The van der Waals surface area contributed by atoms with Gasteiger partial charge in [-0.1, -0.05) is 42.0 Å². The summed E-state index contributed by atoms with van der Waals surface area (Å²) in [6, 6.07) is 12.8. The van der Waals surface area contributed by atoms with Gasteiger partial charge in [-0.3, -0.25) is 0 Å². The Balaban J connectivity index is 2.55. The molecule has 0 saturated heterocycles. The molecule has 0 saturated carbocycles. The van der Waals surface area contributed by atoms with Crippen LogP contribution in [0.15, 0.2) is 48.6 Å². The lowest BCUT2D eigenvalue weighted by molar-refractivity contribution is 0.723. The van der Waals surface area contributed by atoms with Crippen LogP contribution in [0.25, 0.3) is 10.8 Å². The van der Waals surface area contributed by atoms with Crippen molar-refractivity contribution in [1.29, 1.82) is 0 Å². The van der Waals surface area contributed by atoms with Crippen molar-refractivity contribution in [2.45, 2.75) is 26.3 Å². The maximum Gasteiger partial charge on any atom is 0.0338 e. The van der Waals surface area contributed by atoms with E-state index in [4.69, 9.17) is 5.73 Å². The smallest absolute Gasteiger partial charge is 0.0338 e. The summed E-state index contributed by atoms with van der Waals surface area (Å²) in [5, 5.41) is 2.56. The Morgan fingerprint density at radius 1 is 1.18 bits per heavy atom. The normalized spacial score (nSPS) is 12.6. The van der Waals surface area contributed by atoms with Crippen LogP contribution in [-0.4, -0.2) is 0 Å². The molecule has 0 bridgehead atoms. The van der Waals surface area contributed by atoms with Gasteiger partial charge in [-0.15, -0.1) is 6.58 Å². The fourth-order valence-corrected chi connectivity index (χ4v) is 2.28. The molecule has 2 rings (SSSR count). The van der Waals surface area contributed by atoms with Crippen molar-refractivity contribution in [3.05, 3.63) is 59.7 Å². The van der Waals surface area contributed by atoms with E-state index in [1.165, 1.54) is 21.9 Å². The van der Waals surface area contributed by atoms with Crippen LogP contribution in [0.3, 0.4) is 0 Å². The largest absolute Gasteiger partial charge is 0.324 e. The number of hydrogen-bond donors (Lipinski definition) is 1. The molecule has 0 aliphatic carbocycles. The third-order valence-corrected chi connectivity index (χ3v) is 3.14. The van der Waals surface area contributed by atoms with E-state index in [1.54, 1.807) is 0 Å². The topological polar surface area (TPSA) is 26.0 Å². The molecule has 0 amide bonds. The molecule has 0 aliphatic rings. The molecule has 2 aromatic carbocycles. The highest BCUT2D eigenvalue weighted by atomic mass is 14.6. The zero-order chi connectivity index (χ0) is 12.4. The minimum atomic E-state index is 0.0398. The quantitative estimate of drug-likeness (QED) is 0.781. The van der Waals surface area contributed by atoms with Gasteiger partial charge in [0.1, 0.15) is 0 Å². The van der Waals surface area contributed by atoms with E-state index in [9.17, 15) is 0 Å². The van der Waals surface area contributed by atoms with Gasteiger partial charge in [0.15, 0.2) is 0 Å². The summed E-state index contributed by atoms with van der Waals surface area (Å²) in [7, 11) is 0. The summed E-state index contributed by atoms with van der Waals surface area (Å²) in [5.74, 6) is 0. The summed E-state index contributed by atoms with van der Waals surface area (Å²) >= 11 is 0. The first-order chi connectivity index (χ1) is 8.09. The highest BCUT2D eigenvalue weighted by molar-refractivity contribution is 5.88. The summed E-state index contributed by atoms with van der Waals surface area (Å²) < 4.78 is 0. The Morgan fingerprint density at radius 3 is 2.47 bits per heavy atom. The fourth-order valence-electron chi connectivity index (χ4n) is 2.28. The van der Waals surface area contributed by atoms with Crippen LogP contribution in [0.4, 0.5) is 0 Å². The third-order valence-electron chi connectivity index (χ3n) is 3.14. The Morgan fingerprint density at radius 2 is 1.82 bits per heavy atom. The molecular formula is C16H19N. The van der Waals surface area contributed by atoms with E-state index in [0.717, 1.165) is 12.0 Å². The average molecular weight is 225 g/mol. The molecule has 2 N–H and O–H groups in total. The minimum Gasteiger partial charge on any atom is -0.324 e. The van der Waals surface area contributed by atoms with E-state index >= 15 is 0 Å². The highest BCUT2D eigenvalue weighted by Gasteiger charge is 2.10. The van der Waals surface area contributed by atoms with Crippen molar-refractivity contribution in [2.24, 2.45) is 5.73 Å². The molecule has 0 unspecified atom stereocenters. The molecule has 88 valence electrons.